The van der Waals surface area contributed by atoms with Crippen molar-refractivity contribution in [2.75, 3.05) is 6.61 Å². The van der Waals surface area contributed by atoms with E-state index in [0.717, 1.165) is 0 Å². The maximum absolute atomic E-state index is 11.9. The van der Waals surface area contributed by atoms with Crippen molar-refractivity contribution in [3.05, 3.63) is 24.3 Å². The monoisotopic (exact) mass is 273 g/mol. The Bertz CT molecular complexity index is 474. The molecule has 5 nitrogen and oxygen atoms in total. The van der Waals surface area contributed by atoms with E-state index in [1.807, 2.05) is 6.92 Å². The second kappa shape index (κ2) is 5.69. The van der Waals surface area contributed by atoms with Crippen LogP contribution in [0.3, 0.4) is 0 Å². The van der Waals surface area contributed by atoms with Crippen LogP contribution in [0.4, 0.5) is 0 Å². The normalized spacial score (nSPS) is 12.4. The maximum atomic E-state index is 11.9. The Balaban J connectivity index is 2.79. The molecule has 0 amide bonds. The van der Waals surface area contributed by atoms with Crippen LogP contribution in [-0.4, -0.2) is 20.6 Å². The highest BCUT2D eigenvalue weighted by Crippen LogP contribution is 2.16. The molecule has 0 fully saturated rings. The predicted molar refractivity (Wildman–Crippen MR) is 68.8 cm³/mol. The third-order valence-corrected chi connectivity index (χ3v) is 3.10. The van der Waals surface area contributed by atoms with E-state index in [1.165, 1.54) is 12.1 Å². The first-order valence-corrected chi connectivity index (χ1v) is 7.15. The molecule has 1 rings (SSSR count). The van der Waals surface area contributed by atoms with Gasteiger partial charge >= 0.3 is 0 Å². The van der Waals surface area contributed by atoms with Gasteiger partial charge in [0.2, 0.25) is 0 Å². The first-order chi connectivity index (χ1) is 8.24. The molecule has 0 aliphatic heterocycles. The molecule has 1 aromatic carbocycles. The number of ether oxygens (including phenoxy) is 1. The highest BCUT2D eigenvalue weighted by Gasteiger charge is 2.19. The minimum absolute atomic E-state index is 0.134. The fourth-order valence-electron chi connectivity index (χ4n) is 1.11. The summed E-state index contributed by atoms with van der Waals surface area (Å²) in [5.74, 6) is 0.633. The van der Waals surface area contributed by atoms with Crippen molar-refractivity contribution in [1.82, 2.24) is 4.89 Å². The highest BCUT2D eigenvalue weighted by molar-refractivity contribution is 7.89. The fraction of sp³-hybridized carbons (Fsp3) is 0.500. The van der Waals surface area contributed by atoms with Gasteiger partial charge in [0.05, 0.1) is 17.1 Å². The van der Waals surface area contributed by atoms with E-state index in [9.17, 15) is 8.42 Å². The molecule has 0 spiro atoms. The molecule has 0 saturated heterocycles. The third kappa shape index (κ3) is 4.64. The van der Waals surface area contributed by atoms with Gasteiger partial charge in [0, 0.05) is 0 Å². The Morgan fingerprint density at radius 1 is 1.17 bits per heavy atom. The lowest BCUT2D eigenvalue weighted by atomic mass is 10.2. The molecule has 0 heterocycles. The molecule has 18 heavy (non-hydrogen) atoms. The summed E-state index contributed by atoms with van der Waals surface area (Å²) in [6, 6.07) is 6.16. The van der Waals surface area contributed by atoms with E-state index >= 15 is 0 Å². The summed E-state index contributed by atoms with van der Waals surface area (Å²) in [6.07, 6.45) is 0. The summed E-state index contributed by atoms with van der Waals surface area (Å²) in [5, 5.41) is 0. The van der Waals surface area contributed by atoms with Crippen LogP contribution in [0, 0.1) is 0 Å². The molecule has 0 aliphatic carbocycles. The molecule has 0 radical (unpaired) electrons. The topological polar surface area (TPSA) is 64.6 Å². The van der Waals surface area contributed by atoms with Crippen LogP contribution in [0.2, 0.25) is 0 Å². The molecule has 0 aromatic heterocycles. The number of sulfonamides is 1. The molecule has 102 valence electrons. The molecule has 0 saturated carbocycles. The van der Waals surface area contributed by atoms with Crippen LogP contribution in [-0.2, 0) is 14.9 Å². The SMILES string of the molecule is CCOc1ccc(S(=O)(=O)NOC(C)(C)C)cc1. The van der Waals surface area contributed by atoms with Gasteiger partial charge in [-0.15, -0.1) is 0 Å². The van der Waals surface area contributed by atoms with Crippen LogP contribution in [0.1, 0.15) is 27.7 Å². The van der Waals surface area contributed by atoms with E-state index in [-0.39, 0.29) is 4.90 Å². The number of nitrogens with one attached hydrogen (secondary N) is 1. The number of benzene rings is 1. The van der Waals surface area contributed by atoms with E-state index in [2.05, 4.69) is 4.89 Å². The lowest BCUT2D eigenvalue weighted by Gasteiger charge is -2.19. The largest absolute Gasteiger partial charge is 0.494 e. The van der Waals surface area contributed by atoms with E-state index in [4.69, 9.17) is 9.57 Å². The van der Waals surface area contributed by atoms with Crippen molar-refractivity contribution >= 4 is 10.0 Å². The Morgan fingerprint density at radius 2 is 1.72 bits per heavy atom. The molecule has 0 bridgehead atoms. The smallest absolute Gasteiger partial charge is 0.262 e. The van der Waals surface area contributed by atoms with E-state index in [0.29, 0.717) is 12.4 Å². The van der Waals surface area contributed by atoms with Crippen molar-refractivity contribution in [3.63, 3.8) is 0 Å². The molecule has 0 aliphatic rings. The Morgan fingerprint density at radius 3 is 2.17 bits per heavy atom. The molecular weight excluding hydrogens is 254 g/mol. The Labute approximate surface area is 108 Å². The molecule has 1 aromatic rings. The summed E-state index contributed by atoms with van der Waals surface area (Å²) in [4.78, 5) is 7.29. The van der Waals surface area contributed by atoms with Crippen LogP contribution in [0.5, 0.6) is 5.75 Å². The third-order valence-electron chi connectivity index (χ3n) is 1.90. The molecule has 6 heteroatoms. The van der Waals surface area contributed by atoms with Crippen LogP contribution in [0.25, 0.3) is 0 Å². The predicted octanol–water partition coefficient (Wildman–Crippen LogP) is 2.09. The zero-order chi connectivity index (χ0) is 13.8. The van der Waals surface area contributed by atoms with Gasteiger partial charge in [-0.25, -0.2) is 8.42 Å². The average molecular weight is 273 g/mol. The molecule has 0 unspecified atom stereocenters. The second-order valence-electron chi connectivity index (χ2n) is 4.71. The minimum atomic E-state index is -3.65. The first-order valence-electron chi connectivity index (χ1n) is 5.67. The summed E-state index contributed by atoms with van der Waals surface area (Å²) in [5.41, 5.74) is -0.585. The summed E-state index contributed by atoms with van der Waals surface area (Å²) >= 11 is 0. The van der Waals surface area contributed by atoms with Gasteiger partial charge < -0.3 is 4.74 Å². The van der Waals surface area contributed by atoms with E-state index in [1.54, 1.807) is 32.9 Å². The van der Waals surface area contributed by atoms with Crippen molar-refractivity contribution < 1.29 is 18.0 Å². The van der Waals surface area contributed by atoms with Crippen molar-refractivity contribution in [3.8, 4) is 5.75 Å². The second-order valence-corrected chi connectivity index (χ2v) is 6.35. The van der Waals surface area contributed by atoms with Gasteiger partial charge in [-0.3, -0.25) is 4.84 Å². The standard InChI is InChI=1S/C12H19NO4S/c1-5-16-10-6-8-11(9-7-10)18(14,15)13-17-12(2,3)4/h6-9,13H,5H2,1-4H3. The minimum Gasteiger partial charge on any atom is -0.494 e. The van der Waals surface area contributed by atoms with Gasteiger partial charge in [-0.1, -0.05) is 4.89 Å². The van der Waals surface area contributed by atoms with E-state index < -0.39 is 15.6 Å². The maximum Gasteiger partial charge on any atom is 0.262 e. The van der Waals surface area contributed by atoms with Crippen molar-refractivity contribution in [2.45, 2.75) is 38.2 Å². The van der Waals surface area contributed by atoms with Gasteiger partial charge in [0.15, 0.2) is 0 Å². The van der Waals surface area contributed by atoms with Gasteiger partial charge in [-0.2, -0.15) is 0 Å². The molecule has 1 N–H and O–H groups in total. The zero-order valence-electron chi connectivity index (χ0n) is 11.1. The fourth-order valence-corrected chi connectivity index (χ4v) is 2.06. The van der Waals surface area contributed by atoms with Gasteiger partial charge in [0.25, 0.3) is 10.0 Å². The van der Waals surface area contributed by atoms with Gasteiger partial charge in [0.1, 0.15) is 5.75 Å². The lowest BCUT2D eigenvalue weighted by molar-refractivity contribution is -0.0357. The average Bonchev–Trinajstić information content (AvgIpc) is 2.27. The number of hydrogen-bond donors (Lipinski definition) is 1. The first kappa shape index (κ1) is 14.9. The highest BCUT2D eigenvalue weighted by atomic mass is 32.2. The lowest BCUT2D eigenvalue weighted by Crippen LogP contribution is -2.33. The van der Waals surface area contributed by atoms with Crippen molar-refractivity contribution in [1.29, 1.82) is 0 Å². The zero-order valence-corrected chi connectivity index (χ0v) is 11.9. The van der Waals surface area contributed by atoms with Crippen LogP contribution in [0.15, 0.2) is 29.2 Å². The Hall–Kier alpha value is -1.11. The number of rotatable bonds is 5. The van der Waals surface area contributed by atoms with Crippen LogP contribution < -0.4 is 9.62 Å². The quantitative estimate of drug-likeness (QED) is 0.834. The summed E-state index contributed by atoms with van der Waals surface area (Å²) < 4.78 is 29.0. The molecule has 0 atom stereocenters. The Kier molecular flexibility index (Phi) is 4.72. The molecular formula is C12H19NO4S. The summed E-state index contributed by atoms with van der Waals surface area (Å²) in [7, 11) is -3.65. The van der Waals surface area contributed by atoms with Crippen LogP contribution >= 0.6 is 0 Å². The van der Waals surface area contributed by atoms with Crippen molar-refractivity contribution in [2.24, 2.45) is 0 Å². The number of hydrogen-bond acceptors (Lipinski definition) is 4. The van der Waals surface area contributed by atoms with Gasteiger partial charge in [-0.05, 0) is 52.0 Å². The summed E-state index contributed by atoms with van der Waals surface area (Å²) in [6.45, 7) is 7.68.